The third-order valence-corrected chi connectivity index (χ3v) is 4.66. The van der Waals surface area contributed by atoms with Crippen molar-refractivity contribution in [2.45, 2.75) is 37.8 Å². The highest BCUT2D eigenvalue weighted by Gasteiger charge is 2.21. The lowest BCUT2D eigenvalue weighted by Gasteiger charge is -2.27. The molecule has 106 valence electrons. The molecule has 0 amide bonds. The fourth-order valence-corrected chi connectivity index (χ4v) is 3.48. The molecule has 1 saturated carbocycles. The third-order valence-electron chi connectivity index (χ3n) is 4.66. The molecule has 2 aromatic rings. The molecule has 3 rings (SSSR count). The molecule has 1 aliphatic rings. The van der Waals surface area contributed by atoms with E-state index in [0.29, 0.717) is 0 Å². The van der Waals surface area contributed by atoms with Crippen molar-refractivity contribution >= 4 is 10.8 Å². The van der Waals surface area contributed by atoms with E-state index < -0.39 is 0 Å². The molecule has 1 fully saturated rings. The lowest BCUT2D eigenvalue weighted by atomic mass is 9.98. The first kappa shape index (κ1) is 13.6. The van der Waals surface area contributed by atoms with Gasteiger partial charge in [0, 0.05) is 18.6 Å². The predicted octanol–water partition coefficient (Wildman–Crippen LogP) is 3.71. The maximum absolute atomic E-state index is 6.49. The largest absolute Gasteiger partial charge is 0.323 e. The summed E-state index contributed by atoms with van der Waals surface area (Å²) in [6.45, 7) is 0.943. The lowest BCUT2D eigenvalue weighted by molar-refractivity contribution is 0.232. The van der Waals surface area contributed by atoms with Gasteiger partial charge in [0.1, 0.15) is 0 Å². The van der Waals surface area contributed by atoms with Gasteiger partial charge < -0.3 is 10.6 Å². The van der Waals surface area contributed by atoms with Gasteiger partial charge in [-0.1, -0.05) is 55.3 Å². The molecule has 1 aliphatic carbocycles. The van der Waals surface area contributed by atoms with E-state index in [2.05, 4.69) is 54.4 Å². The second-order valence-electron chi connectivity index (χ2n) is 6.05. The Labute approximate surface area is 121 Å². The van der Waals surface area contributed by atoms with Crippen LogP contribution in [0.3, 0.4) is 0 Å². The zero-order valence-corrected chi connectivity index (χ0v) is 12.3. The first-order chi connectivity index (χ1) is 9.75. The Kier molecular flexibility index (Phi) is 4.04. The van der Waals surface area contributed by atoms with Crippen LogP contribution in [0.4, 0.5) is 0 Å². The van der Waals surface area contributed by atoms with Gasteiger partial charge in [-0.3, -0.25) is 0 Å². The van der Waals surface area contributed by atoms with Crippen LogP contribution in [-0.2, 0) is 0 Å². The van der Waals surface area contributed by atoms with Crippen molar-refractivity contribution in [3.63, 3.8) is 0 Å². The van der Waals surface area contributed by atoms with E-state index in [1.54, 1.807) is 0 Å². The summed E-state index contributed by atoms with van der Waals surface area (Å²) in [5, 5.41) is 2.58. The molecule has 0 aromatic heterocycles. The van der Waals surface area contributed by atoms with Crippen LogP contribution in [0.25, 0.3) is 10.8 Å². The molecule has 20 heavy (non-hydrogen) atoms. The van der Waals surface area contributed by atoms with E-state index in [1.807, 2.05) is 0 Å². The second kappa shape index (κ2) is 5.94. The van der Waals surface area contributed by atoms with E-state index in [4.69, 9.17) is 5.73 Å². The molecule has 2 nitrogen and oxygen atoms in total. The van der Waals surface area contributed by atoms with Crippen molar-refractivity contribution in [1.82, 2.24) is 4.90 Å². The Morgan fingerprint density at radius 2 is 1.80 bits per heavy atom. The van der Waals surface area contributed by atoms with Gasteiger partial charge in [0.05, 0.1) is 0 Å². The number of rotatable bonds is 4. The quantitative estimate of drug-likeness (QED) is 0.916. The topological polar surface area (TPSA) is 29.3 Å². The SMILES string of the molecule is CN(CC(N)c1cccc2ccccc12)C1CCCC1. The Morgan fingerprint density at radius 3 is 2.60 bits per heavy atom. The van der Waals surface area contributed by atoms with Crippen LogP contribution < -0.4 is 5.73 Å². The molecular formula is C18H24N2. The molecule has 2 heteroatoms. The van der Waals surface area contributed by atoms with Gasteiger partial charge in [0.15, 0.2) is 0 Å². The highest BCUT2D eigenvalue weighted by Crippen LogP contribution is 2.26. The van der Waals surface area contributed by atoms with E-state index in [9.17, 15) is 0 Å². The molecule has 1 unspecified atom stereocenters. The van der Waals surface area contributed by atoms with Crippen LogP contribution in [0.1, 0.15) is 37.3 Å². The van der Waals surface area contributed by atoms with Gasteiger partial charge in [0.25, 0.3) is 0 Å². The Hall–Kier alpha value is -1.38. The van der Waals surface area contributed by atoms with Crippen LogP contribution in [0.15, 0.2) is 42.5 Å². The zero-order valence-electron chi connectivity index (χ0n) is 12.3. The van der Waals surface area contributed by atoms with Crippen molar-refractivity contribution in [3.8, 4) is 0 Å². The van der Waals surface area contributed by atoms with Crippen LogP contribution in [0.2, 0.25) is 0 Å². The first-order valence-electron chi connectivity index (χ1n) is 7.69. The normalized spacial score (nSPS) is 17.9. The van der Waals surface area contributed by atoms with Gasteiger partial charge in [-0.25, -0.2) is 0 Å². The highest BCUT2D eigenvalue weighted by atomic mass is 15.1. The standard InChI is InChI=1S/C18H24N2/c1-20(15-9-3-4-10-15)13-18(19)17-12-6-8-14-7-2-5-11-16(14)17/h2,5-8,11-12,15,18H,3-4,9-10,13,19H2,1H3. The van der Waals surface area contributed by atoms with Gasteiger partial charge in [-0.05, 0) is 36.2 Å². The van der Waals surface area contributed by atoms with Crippen LogP contribution in [0, 0.1) is 0 Å². The highest BCUT2D eigenvalue weighted by molar-refractivity contribution is 5.86. The number of likely N-dealkylation sites (N-methyl/N-ethyl adjacent to an activating group) is 1. The Balaban J connectivity index is 1.79. The van der Waals surface area contributed by atoms with Crippen molar-refractivity contribution in [3.05, 3.63) is 48.0 Å². The summed E-state index contributed by atoms with van der Waals surface area (Å²) in [5.41, 5.74) is 7.76. The summed E-state index contributed by atoms with van der Waals surface area (Å²) in [5.74, 6) is 0. The minimum Gasteiger partial charge on any atom is -0.323 e. The lowest BCUT2D eigenvalue weighted by Crippen LogP contribution is -2.35. The first-order valence-corrected chi connectivity index (χ1v) is 7.69. The number of hydrogen-bond donors (Lipinski definition) is 1. The number of nitrogens with zero attached hydrogens (tertiary/aromatic N) is 1. The Morgan fingerprint density at radius 1 is 1.10 bits per heavy atom. The van der Waals surface area contributed by atoms with Crippen molar-refractivity contribution in [2.24, 2.45) is 5.73 Å². The van der Waals surface area contributed by atoms with Gasteiger partial charge >= 0.3 is 0 Å². The van der Waals surface area contributed by atoms with Crippen molar-refractivity contribution < 1.29 is 0 Å². The average Bonchev–Trinajstić information content (AvgIpc) is 3.01. The number of benzene rings is 2. The van der Waals surface area contributed by atoms with Crippen LogP contribution in [-0.4, -0.2) is 24.5 Å². The van der Waals surface area contributed by atoms with E-state index >= 15 is 0 Å². The summed E-state index contributed by atoms with van der Waals surface area (Å²) < 4.78 is 0. The van der Waals surface area contributed by atoms with E-state index in [1.165, 1.54) is 42.0 Å². The van der Waals surface area contributed by atoms with Crippen LogP contribution >= 0.6 is 0 Å². The summed E-state index contributed by atoms with van der Waals surface area (Å²) in [4.78, 5) is 2.46. The minimum atomic E-state index is 0.0895. The fraction of sp³-hybridized carbons (Fsp3) is 0.444. The van der Waals surface area contributed by atoms with E-state index in [-0.39, 0.29) is 6.04 Å². The van der Waals surface area contributed by atoms with Gasteiger partial charge in [0.2, 0.25) is 0 Å². The van der Waals surface area contributed by atoms with Crippen LogP contribution in [0.5, 0.6) is 0 Å². The molecule has 0 aliphatic heterocycles. The molecule has 2 aromatic carbocycles. The molecule has 0 bridgehead atoms. The molecule has 0 radical (unpaired) electrons. The third kappa shape index (κ3) is 2.72. The summed E-state index contributed by atoms with van der Waals surface area (Å²) >= 11 is 0. The summed E-state index contributed by atoms with van der Waals surface area (Å²) in [7, 11) is 2.22. The molecule has 0 heterocycles. The van der Waals surface area contributed by atoms with Crippen molar-refractivity contribution in [1.29, 1.82) is 0 Å². The molecular weight excluding hydrogens is 244 g/mol. The maximum Gasteiger partial charge on any atom is 0.0430 e. The number of nitrogens with two attached hydrogens (primary N) is 1. The monoisotopic (exact) mass is 268 g/mol. The summed E-state index contributed by atoms with van der Waals surface area (Å²) in [6.07, 6.45) is 5.41. The average molecular weight is 268 g/mol. The molecule has 1 atom stereocenters. The summed E-state index contributed by atoms with van der Waals surface area (Å²) in [6, 6.07) is 15.8. The minimum absolute atomic E-state index is 0.0895. The smallest absolute Gasteiger partial charge is 0.0430 e. The van der Waals surface area contributed by atoms with E-state index in [0.717, 1.165) is 12.6 Å². The predicted molar refractivity (Wildman–Crippen MR) is 85.8 cm³/mol. The van der Waals surface area contributed by atoms with Gasteiger partial charge in [-0.2, -0.15) is 0 Å². The van der Waals surface area contributed by atoms with Crippen molar-refractivity contribution in [2.75, 3.05) is 13.6 Å². The maximum atomic E-state index is 6.49. The molecule has 0 spiro atoms. The fourth-order valence-electron chi connectivity index (χ4n) is 3.48. The molecule has 0 saturated heterocycles. The number of hydrogen-bond acceptors (Lipinski definition) is 2. The Bertz CT molecular complexity index is 567. The van der Waals surface area contributed by atoms with Gasteiger partial charge in [-0.15, -0.1) is 0 Å². The number of fused-ring (bicyclic) bond motifs is 1. The molecule has 2 N–H and O–H groups in total. The second-order valence-corrected chi connectivity index (χ2v) is 6.05. The zero-order chi connectivity index (χ0) is 13.9.